The highest BCUT2D eigenvalue weighted by molar-refractivity contribution is 9.10. The Balaban J connectivity index is 1.59. The van der Waals surface area contributed by atoms with E-state index in [0.717, 1.165) is 10.0 Å². The van der Waals surface area contributed by atoms with Crippen LogP contribution in [0.15, 0.2) is 46.9 Å². The SMILES string of the molecule is Cc1ccc(N2C[C@H](C(=O)NNC(=O)c3ccc(Br)cc3)CC2=O)cc1Cl. The van der Waals surface area contributed by atoms with Crippen LogP contribution in [0.4, 0.5) is 5.69 Å². The van der Waals surface area contributed by atoms with Crippen LogP contribution in [0.3, 0.4) is 0 Å². The van der Waals surface area contributed by atoms with Gasteiger partial charge in [0.1, 0.15) is 0 Å². The van der Waals surface area contributed by atoms with E-state index in [1.807, 2.05) is 13.0 Å². The average molecular weight is 451 g/mol. The predicted molar refractivity (Wildman–Crippen MR) is 106 cm³/mol. The number of hydrazine groups is 1. The van der Waals surface area contributed by atoms with Crippen LogP contribution in [0, 0.1) is 12.8 Å². The van der Waals surface area contributed by atoms with Crippen molar-refractivity contribution >= 4 is 50.9 Å². The van der Waals surface area contributed by atoms with Gasteiger partial charge in [0.2, 0.25) is 11.8 Å². The molecular weight excluding hydrogens is 434 g/mol. The quantitative estimate of drug-likeness (QED) is 0.705. The molecule has 8 heteroatoms. The zero-order valence-electron chi connectivity index (χ0n) is 14.5. The Morgan fingerprint density at radius 1 is 1.15 bits per heavy atom. The van der Waals surface area contributed by atoms with Crippen molar-refractivity contribution in [2.24, 2.45) is 5.92 Å². The van der Waals surface area contributed by atoms with Crippen molar-refractivity contribution in [1.82, 2.24) is 10.9 Å². The molecule has 140 valence electrons. The van der Waals surface area contributed by atoms with Gasteiger partial charge in [-0.25, -0.2) is 0 Å². The summed E-state index contributed by atoms with van der Waals surface area (Å²) in [5, 5.41) is 0.565. The van der Waals surface area contributed by atoms with E-state index >= 15 is 0 Å². The monoisotopic (exact) mass is 449 g/mol. The summed E-state index contributed by atoms with van der Waals surface area (Å²) >= 11 is 9.42. The molecule has 0 saturated carbocycles. The van der Waals surface area contributed by atoms with Gasteiger partial charge < -0.3 is 4.90 Å². The molecule has 0 aromatic heterocycles. The number of carbonyl (C=O) groups excluding carboxylic acids is 3. The lowest BCUT2D eigenvalue weighted by atomic mass is 10.1. The predicted octanol–water partition coefficient (Wildman–Crippen LogP) is 3.23. The van der Waals surface area contributed by atoms with Gasteiger partial charge in [0, 0.05) is 33.7 Å². The van der Waals surface area contributed by atoms with E-state index in [1.165, 1.54) is 4.90 Å². The van der Waals surface area contributed by atoms with Crippen LogP contribution in [0.5, 0.6) is 0 Å². The van der Waals surface area contributed by atoms with Crippen molar-refractivity contribution in [3.8, 4) is 0 Å². The minimum absolute atomic E-state index is 0.0749. The van der Waals surface area contributed by atoms with Crippen molar-refractivity contribution in [2.75, 3.05) is 11.4 Å². The summed E-state index contributed by atoms with van der Waals surface area (Å²) < 4.78 is 0.851. The van der Waals surface area contributed by atoms with E-state index in [-0.39, 0.29) is 18.9 Å². The molecule has 1 fully saturated rings. The third-order valence-corrected chi connectivity index (χ3v) is 5.30. The first-order valence-electron chi connectivity index (χ1n) is 8.27. The standard InChI is InChI=1S/C19H17BrClN3O3/c1-11-2-7-15(9-16(11)21)24-10-13(8-17(24)25)19(27)23-22-18(26)12-3-5-14(20)6-4-12/h2-7,9,13H,8,10H2,1H3,(H,22,26)(H,23,27)/t13-/m1/s1. The zero-order chi connectivity index (χ0) is 19.6. The van der Waals surface area contributed by atoms with Gasteiger partial charge in [0.15, 0.2) is 0 Å². The summed E-state index contributed by atoms with van der Waals surface area (Å²) in [6.45, 7) is 2.11. The average Bonchev–Trinajstić information content (AvgIpc) is 3.04. The summed E-state index contributed by atoms with van der Waals surface area (Å²) in [5.74, 6) is -1.55. The lowest BCUT2D eigenvalue weighted by molar-refractivity contribution is -0.126. The van der Waals surface area contributed by atoms with Gasteiger partial charge in [0.05, 0.1) is 5.92 Å². The Kier molecular flexibility index (Phi) is 5.82. The first-order valence-corrected chi connectivity index (χ1v) is 9.44. The number of anilines is 1. The topological polar surface area (TPSA) is 78.5 Å². The number of aryl methyl sites for hydroxylation is 1. The number of benzene rings is 2. The first-order chi connectivity index (χ1) is 12.8. The maximum absolute atomic E-state index is 12.3. The molecule has 1 atom stereocenters. The van der Waals surface area contributed by atoms with Crippen LogP contribution < -0.4 is 15.8 Å². The molecule has 1 aliphatic rings. The highest BCUT2D eigenvalue weighted by Gasteiger charge is 2.35. The van der Waals surface area contributed by atoms with Crippen LogP contribution in [0.1, 0.15) is 22.3 Å². The normalized spacial score (nSPS) is 16.3. The van der Waals surface area contributed by atoms with Gasteiger partial charge in [-0.2, -0.15) is 0 Å². The van der Waals surface area contributed by atoms with Gasteiger partial charge in [0.25, 0.3) is 5.91 Å². The van der Waals surface area contributed by atoms with E-state index in [4.69, 9.17) is 11.6 Å². The van der Waals surface area contributed by atoms with Crippen molar-refractivity contribution in [3.05, 3.63) is 63.1 Å². The molecule has 0 bridgehead atoms. The molecule has 1 heterocycles. The number of nitrogens with zero attached hydrogens (tertiary/aromatic N) is 1. The van der Waals surface area contributed by atoms with Crippen LogP contribution in [0.2, 0.25) is 5.02 Å². The van der Waals surface area contributed by atoms with Gasteiger partial charge >= 0.3 is 0 Å². The second kappa shape index (κ2) is 8.10. The summed E-state index contributed by atoms with van der Waals surface area (Å²) in [6.07, 6.45) is 0.0749. The molecule has 27 heavy (non-hydrogen) atoms. The van der Waals surface area contributed by atoms with E-state index in [0.29, 0.717) is 16.3 Å². The summed E-state index contributed by atoms with van der Waals surface area (Å²) in [6, 6.07) is 12.1. The Bertz CT molecular complexity index is 902. The van der Waals surface area contributed by atoms with Gasteiger partial charge in [-0.05, 0) is 48.9 Å². The van der Waals surface area contributed by atoms with Crippen molar-refractivity contribution in [2.45, 2.75) is 13.3 Å². The number of halogens is 2. The summed E-state index contributed by atoms with van der Waals surface area (Å²) in [7, 11) is 0. The second-order valence-electron chi connectivity index (χ2n) is 6.29. The number of hydrogen-bond donors (Lipinski definition) is 2. The summed E-state index contributed by atoms with van der Waals surface area (Å²) in [5.41, 5.74) is 6.76. The van der Waals surface area contributed by atoms with E-state index in [1.54, 1.807) is 36.4 Å². The number of carbonyl (C=O) groups is 3. The summed E-state index contributed by atoms with van der Waals surface area (Å²) in [4.78, 5) is 38.2. The Hall–Kier alpha value is -2.38. The van der Waals surface area contributed by atoms with Crippen molar-refractivity contribution in [1.29, 1.82) is 0 Å². The fraction of sp³-hybridized carbons (Fsp3) is 0.211. The molecule has 6 nitrogen and oxygen atoms in total. The van der Waals surface area contributed by atoms with Crippen LogP contribution in [0.25, 0.3) is 0 Å². The number of amides is 3. The minimum Gasteiger partial charge on any atom is -0.312 e. The van der Waals surface area contributed by atoms with Crippen molar-refractivity contribution in [3.63, 3.8) is 0 Å². The minimum atomic E-state index is -0.553. The molecule has 2 aromatic rings. The van der Waals surface area contributed by atoms with Gasteiger partial charge in [-0.3, -0.25) is 25.2 Å². The molecule has 1 aliphatic heterocycles. The maximum atomic E-state index is 12.3. The molecule has 0 unspecified atom stereocenters. The first kappa shape index (κ1) is 19.4. The van der Waals surface area contributed by atoms with Gasteiger partial charge in [-0.1, -0.05) is 33.6 Å². The van der Waals surface area contributed by atoms with E-state index in [9.17, 15) is 14.4 Å². The van der Waals surface area contributed by atoms with Crippen LogP contribution in [-0.4, -0.2) is 24.3 Å². The molecule has 0 spiro atoms. The third-order valence-electron chi connectivity index (χ3n) is 4.37. The van der Waals surface area contributed by atoms with Crippen LogP contribution in [-0.2, 0) is 9.59 Å². The zero-order valence-corrected chi connectivity index (χ0v) is 16.8. The Morgan fingerprint density at radius 2 is 1.85 bits per heavy atom. The molecule has 2 N–H and O–H groups in total. The number of rotatable bonds is 3. The van der Waals surface area contributed by atoms with Gasteiger partial charge in [-0.15, -0.1) is 0 Å². The maximum Gasteiger partial charge on any atom is 0.269 e. The Labute approximate surface area is 170 Å². The molecule has 3 rings (SSSR count). The second-order valence-corrected chi connectivity index (χ2v) is 7.61. The molecule has 3 amide bonds. The molecule has 0 aliphatic carbocycles. The Morgan fingerprint density at radius 3 is 2.52 bits per heavy atom. The number of hydrogen-bond acceptors (Lipinski definition) is 3. The highest BCUT2D eigenvalue weighted by atomic mass is 79.9. The smallest absolute Gasteiger partial charge is 0.269 e. The van der Waals surface area contributed by atoms with E-state index in [2.05, 4.69) is 26.8 Å². The van der Waals surface area contributed by atoms with Crippen LogP contribution >= 0.6 is 27.5 Å². The fourth-order valence-corrected chi connectivity index (χ4v) is 3.22. The fourth-order valence-electron chi connectivity index (χ4n) is 2.78. The lowest BCUT2D eigenvalue weighted by Crippen LogP contribution is -2.45. The highest BCUT2D eigenvalue weighted by Crippen LogP contribution is 2.28. The number of nitrogens with one attached hydrogen (secondary N) is 2. The largest absolute Gasteiger partial charge is 0.312 e. The molecule has 1 saturated heterocycles. The lowest BCUT2D eigenvalue weighted by Gasteiger charge is -2.17. The molecule has 2 aromatic carbocycles. The van der Waals surface area contributed by atoms with E-state index < -0.39 is 17.7 Å². The molecular formula is C19H17BrClN3O3. The third kappa shape index (κ3) is 4.48. The van der Waals surface area contributed by atoms with Crippen molar-refractivity contribution < 1.29 is 14.4 Å². The molecule has 0 radical (unpaired) electrons.